The fourth-order valence-electron chi connectivity index (χ4n) is 3.22. The van der Waals surface area contributed by atoms with Crippen LogP contribution < -0.4 is 14.4 Å². The summed E-state index contributed by atoms with van der Waals surface area (Å²) in [5, 5.41) is 2.90. The van der Waals surface area contributed by atoms with E-state index in [0.717, 1.165) is 22.5 Å². The highest BCUT2D eigenvalue weighted by Gasteiger charge is 2.31. The van der Waals surface area contributed by atoms with Gasteiger partial charge in [-0.3, -0.25) is 13.9 Å². The van der Waals surface area contributed by atoms with Crippen molar-refractivity contribution in [1.29, 1.82) is 0 Å². The molecule has 2 atom stereocenters. The molecule has 1 N–H and O–H groups in total. The minimum absolute atomic E-state index is 0.0549. The Morgan fingerprint density at radius 2 is 1.71 bits per heavy atom. The maximum Gasteiger partial charge on any atom is 0.244 e. The van der Waals surface area contributed by atoms with Gasteiger partial charge in [-0.2, -0.15) is 0 Å². The average molecular weight is 555 g/mol. The van der Waals surface area contributed by atoms with Crippen molar-refractivity contribution in [3.8, 4) is 5.75 Å². The number of carbonyl (C=O) groups is 2. The highest BCUT2D eigenvalue weighted by molar-refractivity contribution is 9.10. The first-order valence-electron chi connectivity index (χ1n) is 10.9. The van der Waals surface area contributed by atoms with E-state index in [9.17, 15) is 18.0 Å². The van der Waals surface area contributed by atoms with E-state index in [1.165, 1.54) is 4.90 Å². The fraction of sp³-hybridized carbons (Fsp3) is 0.417. The maximum atomic E-state index is 13.5. The van der Waals surface area contributed by atoms with E-state index in [1.807, 2.05) is 13.8 Å². The van der Waals surface area contributed by atoms with Gasteiger partial charge in [-0.25, -0.2) is 8.42 Å². The van der Waals surface area contributed by atoms with Crippen molar-refractivity contribution in [3.63, 3.8) is 0 Å². The van der Waals surface area contributed by atoms with Crippen LogP contribution in [0.1, 0.15) is 32.8 Å². The number of hydrogen-bond donors (Lipinski definition) is 1. The van der Waals surface area contributed by atoms with Crippen molar-refractivity contribution in [2.75, 3.05) is 24.2 Å². The summed E-state index contributed by atoms with van der Waals surface area (Å²) in [5.41, 5.74) is 1.13. The van der Waals surface area contributed by atoms with Gasteiger partial charge in [-0.15, -0.1) is 0 Å². The van der Waals surface area contributed by atoms with Crippen LogP contribution in [-0.4, -0.2) is 57.1 Å². The highest BCUT2D eigenvalue weighted by atomic mass is 79.9. The normalized spacial score (nSPS) is 13.0. The second kappa shape index (κ2) is 12.2. The molecule has 34 heavy (non-hydrogen) atoms. The molecule has 2 rings (SSSR count). The molecule has 10 heteroatoms. The van der Waals surface area contributed by atoms with Crippen LogP contribution in [0.15, 0.2) is 53.0 Å². The number of halogens is 1. The molecule has 2 amide bonds. The van der Waals surface area contributed by atoms with Crippen LogP contribution in [-0.2, 0) is 26.2 Å². The summed E-state index contributed by atoms with van der Waals surface area (Å²) in [6.07, 6.45) is 1.79. The lowest BCUT2D eigenvalue weighted by Crippen LogP contribution is -2.52. The first-order chi connectivity index (χ1) is 16.0. The number of benzene rings is 2. The van der Waals surface area contributed by atoms with Crippen molar-refractivity contribution in [1.82, 2.24) is 10.2 Å². The molecular formula is C24H32BrN3O5S. The molecule has 0 saturated heterocycles. The number of rotatable bonds is 11. The molecule has 0 spiro atoms. The number of sulfonamides is 1. The van der Waals surface area contributed by atoms with E-state index >= 15 is 0 Å². The molecule has 0 radical (unpaired) electrons. The molecule has 186 valence electrons. The van der Waals surface area contributed by atoms with Crippen LogP contribution in [0.5, 0.6) is 5.75 Å². The first-order valence-corrected chi connectivity index (χ1v) is 13.6. The summed E-state index contributed by atoms with van der Waals surface area (Å²) in [6.45, 7) is 5.17. The monoisotopic (exact) mass is 553 g/mol. The molecule has 0 aliphatic heterocycles. The van der Waals surface area contributed by atoms with Crippen LogP contribution in [0.25, 0.3) is 0 Å². The predicted molar refractivity (Wildman–Crippen MR) is 137 cm³/mol. The van der Waals surface area contributed by atoms with E-state index < -0.39 is 28.5 Å². The number of amides is 2. The van der Waals surface area contributed by atoms with Gasteiger partial charge in [0.1, 0.15) is 18.3 Å². The van der Waals surface area contributed by atoms with Gasteiger partial charge in [0.25, 0.3) is 0 Å². The number of hydrogen-bond acceptors (Lipinski definition) is 5. The quantitative estimate of drug-likeness (QED) is 0.459. The van der Waals surface area contributed by atoms with Gasteiger partial charge >= 0.3 is 0 Å². The number of methoxy groups -OCH3 is 1. The Balaban J connectivity index is 2.39. The van der Waals surface area contributed by atoms with E-state index in [1.54, 1.807) is 62.6 Å². The molecule has 0 aliphatic carbocycles. The molecule has 2 aromatic carbocycles. The SMILES string of the molecule is CC[C@@H](C)NC(=O)[C@@H](C)N(Cc1ccc(OC)cc1)C(=O)CN(c1ccccc1Br)S(C)(=O)=O. The van der Waals surface area contributed by atoms with Gasteiger partial charge in [0.05, 0.1) is 19.1 Å². The number of carbonyl (C=O) groups excluding carboxylic acids is 2. The van der Waals surface area contributed by atoms with Crippen molar-refractivity contribution in [2.24, 2.45) is 0 Å². The topological polar surface area (TPSA) is 96.0 Å². The Kier molecular flexibility index (Phi) is 9.93. The van der Waals surface area contributed by atoms with Crippen molar-refractivity contribution in [2.45, 2.75) is 45.8 Å². The number of nitrogens with one attached hydrogen (secondary N) is 1. The molecule has 0 heterocycles. The minimum atomic E-state index is -3.78. The molecule has 0 aliphatic rings. The Morgan fingerprint density at radius 3 is 2.24 bits per heavy atom. The molecule has 0 saturated carbocycles. The first kappa shape index (κ1) is 27.7. The van der Waals surface area contributed by atoms with Crippen LogP contribution in [0.4, 0.5) is 5.69 Å². The minimum Gasteiger partial charge on any atom is -0.497 e. The summed E-state index contributed by atoms with van der Waals surface area (Å²) in [5.74, 6) is -0.131. The largest absolute Gasteiger partial charge is 0.497 e. The maximum absolute atomic E-state index is 13.5. The molecule has 0 fully saturated rings. The predicted octanol–water partition coefficient (Wildman–Crippen LogP) is 3.56. The average Bonchev–Trinajstić information content (AvgIpc) is 2.80. The Hall–Kier alpha value is -2.59. The lowest BCUT2D eigenvalue weighted by Gasteiger charge is -2.32. The van der Waals surface area contributed by atoms with Crippen molar-refractivity contribution >= 4 is 43.5 Å². The van der Waals surface area contributed by atoms with Crippen molar-refractivity contribution in [3.05, 3.63) is 58.6 Å². The van der Waals surface area contributed by atoms with Crippen molar-refractivity contribution < 1.29 is 22.7 Å². The second-order valence-electron chi connectivity index (χ2n) is 8.08. The third kappa shape index (κ3) is 7.46. The van der Waals surface area contributed by atoms with Gasteiger partial charge in [0, 0.05) is 17.1 Å². The zero-order chi connectivity index (χ0) is 25.5. The van der Waals surface area contributed by atoms with Crippen LogP contribution >= 0.6 is 15.9 Å². The zero-order valence-electron chi connectivity index (χ0n) is 20.1. The molecule has 0 unspecified atom stereocenters. The van der Waals surface area contributed by atoms with E-state index in [4.69, 9.17) is 4.74 Å². The third-order valence-corrected chi connectivity index (χ3v) is 7.28. The number of anilines is 1. The number of ether oxygens (including phenoxy) is 1. The van der Waals surface area contributed by atoms with Gasteiger partial charge in [0.15, 0.2) is 0 Å². The van der Waals surface area contributed by atoms with Gasteiger partial charge in [-0.05, 0) is 66.0 Å². The molecule has 0 bridgehead atoms. The summed E-state index contributed by atoms with van der Waals surface area (Å²) in [6, 6.07) is 13.1. The molecular weight excluding hydrogens is 522 g/mol. The summed E-state index contributed by atoms with van der Waals surface area (Å²) < 4.78 is 32.0. The summed E-state index contributed by atoms with van der Waals surface area (Å²) >= 11 is 3.36. The fourth-order valence-corrected chi connectivity index (χ4v) is 4.70. The zero-order valence-corrected chi connectivity index (χ0v) is 22.5. The van der Waals surface area contributed by atoms with Gasteiger partial charge in [0.2, 0.25) is 21.8 Å². The lowest BCUT2D eigenvalue weighted by molar-refractivity contribution is -0.139. The number of nitrogens with zero attached hydrogens (tertiary/aromatic N) is 2. The number of para-hydroxylation sites is 1. The van der Waals surface area contributed by atoms with Gasteiger partial charge in [-0.1, -0.05) is 31.2 Å². The Bertz CT molecular complexity index is 1090. The second-order valence-corrected chi connectivity index (χ2v) is 10.8. The highest BCUT2D eigenvalue weighted by Crippen LogP contribution is 2.28. The lowest BCUT2D eigenvalue weighted by atomic mass is 10.1. The molecule has 2 aromatic rings. The third-order valence-electron chi connectivity index (χ3n) is 5.48. The van der Waals surface area contributed by atoms with E-state index in [0.29, 0.717) is 15.9 Å². The van der Waals surface area contributed by atoms with E-state index in [-0.39, 0.29) is 18.5 Å². The Labute approximate surface area is 210 Å². The van der Waals surface area contributed by atoms with Crippen LogP contribution in [0, 0.1) is 0 Å². The van der Waals surface area contributed by atoms with Gasteiger partial charge < -0.3 is 15.0 Å². The van der Waals surface area contributed by atoms with Crippen LogP contribution in [0.2, 0.25) is 0 Å². The molecule has 0 aromatic heterocycles. The smallest absolute Gasteiger partial charge is 0.244 e. The molecule has 8 nitrogen and oxygen atoms in total. The Morgan fingerprint density at radius 1 is 1.09 bits per heavy atom. The van der Waals surface area contributed by atoms with E-state index in [2.05, 4.69) is 21.2 Å². The van der Waals surface area contributed by atoms with Crippen LogP contribution in [0.3, 0.4) is 0 Å². The standard InChI is InChI=1S/C24H32BrN3O5S/c1-6-17(2)26-24(30)18(3)27(15-19-11-13-20(33-4)14-12-19)23(29)16-28(34(5,31)32)22-10-8-7-9-21(22)25/h7-14,17-18H,6,15-16H2,1-5H3,(H,26,30)/t17-,18-/m1/s1. The summed E-state index contributed by atoms with van der Waals surface area (Å²) in [4.78, 5) is 27.8. The summed E-state index contributed by atoms with van der Waals surface area (Å²) in [7, 11) is -2.22.